The molecule has 0 aliphatic rings. The Kier molecular flexibility index (Phi) is 4.02. The van der Waals surface area contributed by atoms with Gasteiger partial charge in [-0.25, -0.2) is 14.8 Å². The summed E-state index contributed by atoms with van der Waals surface area (Å²) in [5.41, 5.74) is 0.853. The van der Waals surface area contributed by atoms with E-state index >= 15 is 0 Å². The molecule has 2 N–H and O–H groups in total. The largest absolute Gasteiger partial charge is 0.477 e. The zero-order chi connectivity index (χ0) is 13.7. The third-order valence-electron chi connectivity index (χ3n) is 2.48. The Balaban J connectivity index is 2.15. The van der Waals surface area contributed by atoms with Gasteiger partial charge in [0.15, 0.2) is 5.69 Å². The van der Waals surface area contributed by atoms with Crippen LogP contribution in [0.15, 0.2) is 30.5 Å². The van der Waals surface area contributed by atoms with E-state index in [0.29, 0.717) is 24.6 Å². The van der Waals surface area contributed by atoms with Crippen molar-refractivity contribution in [3.05, 3.63) is 47.7 Å². The van der Waals surface area contributed by atoms with E-state index < -0.39 is 5.97 Å². The summed E-state index contributed by atoms with van der Waals surface area (Å²) in [5.74, 6) is -0.0590. The van der Waals surface area contributed by atoms with E-state index in [4.69, 9.17) is 5.11 Å². The zero-order valence-electron chi connectivity index (χ0n) is 10.5. The first-order valence-corrected chi connectivity index (χ1v) is 5.94. The van der Waals surface area contributed by atoms with Crippen molar-refractivity contribution >= 4 is 11.8 Å². The van der Waals surface area contributed by atoms with Gasteiger partial charge < -0.3 is 10.4 Å². The second-order valence-corrected chi connectivity index (χ2v) is 3.89. The van der Waals surface area contributed by atoms with Crippen LogP contribution in [0.5, 0.6) is 0 Å². The van der Waals surface area contributed by atoms with Gasteiger partial charge in [0.1, 0.15) is 11.6 Å². The molecule has 2 aromatic rings. The number of pyridine rings is 1. The summed E-state index contributed by atoms with van der Waals surface area (Å²) in [5, 5.41) is 12.0. The molecule has 0 saturated carbocycles. The SMILES string of the molecule is CCc1nc(NCc2ccccn2)cc(C(=O)O)n1. The van der Waals surface area contributed by atoms with Gasteiger partial charge in [0.2, 0.25) is 0 Å². The number of hydrogen-bond donors (Lipinski definition) is 2. The van der Waals surface area contributed by atoms with Gasteiger partial charge in [0.05, 0.1) is 12.2 Å². The third kappa shape index (κ3) is 3.48. The lowest BCUT2D eigenvalue weighted by Gasteiger charge is -2.07. The number of carboxylic acids is 1. The Morgan fingerprint density at radius 3 is 2.84 bits per heavy atom. The van der Waals surface area contributed by atoms with Crippen LogP contribution in [0.3, 0.4) is 0 Å². The summed E-state index contributed by atoms with van der Waals surface area (Å²) in [6, 6.07) is 7.04. The highest BCUT2D eigenvalue weighted by atomic mass is 16.4. The molecular formula is C13H14N4O2. The first kappa shape index (κ1) is 12.9. The Morgan fingerprint density at radius 1 is 1.37 bits per heavy atom. The van der Waals surface area contributed by atoms with Crippen molar-refractivity contribution in [3.63, 3.8) is 0 Å². The summed E-state index contributed by atoms with van der Waals surface area (Å²) in [6.45, 7) is 2.36. The number of rotatable bonds is 5. The van der Waals surface area contributed by atoms with Crippen LogP contribution < -0.4 is 5.32 Å². The van der Waals surface area contributed by atoms with Crippen LogP contribution >= 0.6 is 0 Å². The molecule has 6 nitrogen and oxygen atoms in total. The number of hydrogen-bond acceptors (Lipinski definition) is 5. The summed E-state index contributed by atoms with van der Waals surface area (Å²) >= 11 is 0. The van der Waals surface area contributed by atoms with Crippen LogP contribution in [0.4, 0.5) is 5.82 Å². The monoisotopic (exact) mass is 258 g/mol. The van der Waals surface area contributed by atoms with Gasteiger partial charge in [-0.3, -0.25) is 4.98 Å². The maximum absolute atomic E-state index is 11.0. The van der Waals surface area contributed by atoms with Gasteiger partial charge in [-0.1, -0.05) is 13.0 Å². The molecule has 0 aliphatic heterocycles. The molecule has 0 spiro atoms. The second kappa shape index (κ2) is 5.90. The molecule has 2 rings (SSSR count). The Hall–Kier alpha value is -2.50. The lowest BCUT2D eigenvalue weighted by Crippen LogP contribution is -2.09. The van der Waals surface area contributed by atoms with Gasteiger partial charge in [-0.2, -0.15) is 0 Å². The van der Waals surface area contributed by atoms with Crippen molar-refractivity contribution in [2.24, 2.45) is 0 Å². The first-order valence-electron chi connectivity index (χ1n) is 5.94. The lowest BCUT2D eigenvalue weighted by atomic mass is 10.3. The molecule has 6 heteroatoms. The molecule has 0 aromatic carbocycles. The van der Waals surface area contributed by atoms with Crippen LogP contribution in [0.2, 0.25) is 0 Å². The van der Waals surface area contributed by atoms with Crippen LogP contribution in [-0.4, -0.2) is 26.0 Å². The molecule has 0 fully saturated rings. The van der Waals surface area contributed by atoms with Crippen molar-refractivity contribution in [1.82, 2.24) is 15.0 Å². The Labute approximate surface area is 110 Å². The second-order valence-electron chi connectivity index (χ2n) is 3.89. The molecule has 0 bridgehead atoms. The fourth-order valence-electron chi connectivity index (χ4n) is 1.54. The zero-order valence-corrected chi connectivity index (χ0v) is 10.5. The van der Waals surface area contributed by atoms with E-state index in [9.17, 15) is 4.79 Å². The minimum Gasteiger partial charge on any atom is -0.477 e. The van der Waals surface area contributed by atoms with Crippen LogP contribution in [-0.2, 0) is 13.0 Å². The summed E-state index contributed by atoms with van der Waals surface area (Å²) < 4.78 is 0. The molecule has 0 saturated heterocycles. The van der Waals surface area contributed by atoms with Crippen LogP contribution in [0.1, 0.15) is 28.9 Å². The average molecular weight is 258 g/mol. The molecule has 2 heterocycles. The highest BCUT2D eigenvalue weighted by Crippen LogP contribution is 2.09. The number of carboxylic acid groups (broad SMARTS) is 1. The molecule has 0 unspecified atom stereocenters. The predicted octanol–water partition coefficient (Wildman–Crippen LogP) is 1.74. The predicted molar refractivity (Wildman–Crippen MR) is 69.9 cm³/mol. The summed E-state index contributed by atoms with van der Waals surface area (Å²) in [7, 11) is 0. The highest BCUT2D eigenvalue weighted by molar-refractivity contribution is 5.86. The van der Waals surface area contributed by atoms with Gasteiger partial charge in [0.25, 0.3) is 0 Å². The molecule has 0 radical (unpaired) electrons. The summed E-state index contributed by atoms with van der Waals surface area (Å²) in [4.78, 5) is 23.3. The molecule has 0 atom stereocenters. The maximum atomic E-state index is 11.0. The smallest absolute Gasteiger partial charge is 0.354 e. The van der Waals surface area contributed by atoms with Gasteiger partial charge >= 0.3 is 5.97 Å². The molecule has 19 heavy (non-hydrogen) atoms. The Morgan fingerprint density at radius 2 is 2.21 bits per heavy atom. The fraction of sp³-hybridized carbons (Fsp3) is 0.231. The molecule has 98 valence electrons. The minimum absolute atomic E-state index is 0.00429. The van der Waals surface area contributed by atoms with Crippen LogP contribution in [0.25, 0.3) is 0 Å². The molecule has 2 aromatic heterocycles. The van der Waals surface area contributed by atoms with Crippen molar-refractivity contribution < 1.29 is 9.90 Å². The number of carbonyl (C=O) groups is 1. The van der Waals surface area contributed by atoms with E-state index in [-0.39, 0.29) is 5.69 Å². The summed E-state index contributed by atoms with van der Waals surface area (Å²) in [6.07, 6.45) is 2.29. The first-order chi connectivity index (χ1) is 9.19. The van der Waals surface area contributed by atoms with E-state index in [2.05, 4.69) is 20.3 Å². The van der Waals surface area contributed by atoms with Crippen LogP contribution in [0, 0.1) is 0 Å². The van der Waals surface area contributed by atoms with E-state index in [1.807, 2.05) is 25.1 Å². The molecule has 0 amide bonds. The van der Waals surface area contributed by atoms with Gasteiger partial charge in [-0.05, 0) is 12.1 Å². The minimum atomic E-state index is -1.06. The number of anilines is 1. The fourth-order valence-corrected chi connectivity index (χ4v) is 1.54. The van der Waals surface area contributed by atoms with E-state index in [0.717, 1.165) is 5.69 Å². The average Bonchev–Trinajstić information content (AvgIpc) is 2.45. The number of aromatic nitrogens is 3. The number of nitrogens with zero attached hydrogens (tertiary/aromatic N) is 3. The van der Waals surface area contributed by atoms with Gasteiger partial charge in [-0.15, -0.1) is 0 Å². The molecular weight excluding hydrogens is 244 g/mol. The highest BCUT2D eigenvalue weighted by Gasteiger charge is 2.09. The topological polar surface area (TPSA) is 88.0 Å². The number of aryl methyl sites for hydroxylation is 1. The van der Waals surface area contributed by atoms with Crippen molar-refractivity contribution in [3.8, 4) is 0 Å². The number of nitrogens with one attached hydrogen (secondary N) is 1. The molecule has 0 aliphatic carbocycles. The standard InChI is InChI=1S/C13H14N4O2/c1-2-11-16-10(13(18)19)7-12(17-11)15-8-9-5-3-4-6-14-9/h3-7H,2,8H2,1H3,(H,18,19)(H,15,16,17). The van der Waals surface area contributed by atoms with Crippen molar-refractivity contribution in [2.45, 2.75) is 19.9 Å². The third-order valence-corrected chi connectivity index (χ3v) is 2.48. The van der Waals surface area contributed by atoms with Crippen molar-refractivity contribution in [1.29, 1.82) is 0 Å². The number of aromatic carboxylic acids is 1. The van der Waals surface area contributed by atoms with Crippen molar-refractivity contribution in [2.75, 3.05) is 5.32 Å². The quantitative estimate of drug-likeness (QED) is 0.849. The Bertz CT molecular complexity index is 572. The normalized spacial score (nSPS) is 10.2. The van der Waals surface area contributed by atoms with E-state index in [1.165, 1.54) is 6.07 Å². The lowest BCUT2D eigenvalue weighted by molar-refractivity contribution is 0.0690. The maximum Gasteiger partial charge on any atom is 0.354 e. The van der Waals surface area contributed by atoms with E-state index in [1.54, 1.807) is 6.20 Å². The van der Waals surface area contributed by atoms with Gasteiger partial charge in [0, 0.05) is 18.7 Å².